The van der Waals surface area contributed by atoms with Crippen molar-refractivity contribution in [2.24, 2.45) is 0 Å². The summed E-state index contributed by atoms with van der Waals surface area (Å²) in [5, 5.41) is 7.26. The molecule has 0 fully saturated rings. The number of aromatic nitrogens is 1. The number of hydrogen-bond donors (Lipinski definition) is 1. The summed E-state index contributed by atoms with van der Waals surface area (Å²) >= 11 is 9.30. The second kappa shape index (κ2) is 5.96. The van der Waals surface area contributed by atoms with Crippen LogP contribution in [0.15, 0.2) is 17.6 Å². The molecule has 92 valence electrons. The molecule has 2 aromatic heterocycles. The van der Waals surface area contributed by atoms with Crippen molar-refractivity contribution in [3.05, 3.63) is 27.5 Å². The summed E-state index contributed by atoms with van der Waals surface area (Å²) in [5.74, 6) is 0. The summed E-state index contributed by atoms with van der Waals surface area (Å²) in [6.45, 7) is 5.39. The highest BCUT2D eigenvalue weighted by molar-refractivity contribution is 7.21. The largest absolute Gasteiger partial charge is 0.309 e. The predicted molar refractivity (Wildman–Crippen MR) is 77.1 cm³/mol. The van der Waals surface area contributed by atoms with Gasteiger partial charge in [-0.05, 0) is 26.0 Å². The fourth-order valence-electron chi connectivity index (χ4n) is 1.49. The number of nitrogens with one attached hydrogen (secondary N) is 1. The van der Waals surface area contributed by atoms with Crippen molar-refractivity contribution in [3.63, 3.8) is 0 Å². The van der Waals surface area contributed by atoms with E-state index in [9.17, 15) is 0 Å². The van der Waals surface area contributed by atoms with E-state index in [2.05, 4.69) is 24.1 Å². The number of hydrogen-bond acceptors (Lipinski definition) is 4. The Balaban J connectivity index is 2.10. The van der Waals surface area contributed by atoms with Gasteiger partial charge in [0.2, 0.25) is 0 Å². The molecule has 0 saturated carbocycles. The second-order valence-corrected chi connectivity index (χ2v) is 6.28. The van der Waals surface area contributed by atoms with E-state index in [0.29, 0.717) is 6.04 Å². The van der Waals surface area contributed by atoms with Crippen molar-refractivity contribution in [2.45, 2.75) is 26.3 Å². The van der Waals surface area contributed by atoms with Crippen LogP contribution in [-0.2, 0) is 0 Å². The Labute approximate surface area is 115 Å². The van der Waals surface area contributed by atoms with Gasteiger partial charge in [-0.3, -0.25) is 0 Å². The Morgan fingerprint density at radius 3 is 3.00 bits per heavy atom. The van der Waals surface area contributed by atoms with E-state index in [0.717, 1.165) is 27.9 Å². The third-order valence-electron chi connectivity index (χ3n) is 2.43. The average molecular weight is 287 g/mol. The normalized spacial score (nSPS) is 12.9. The lowest BCUT2D eigenvalue weighted by atomic mass is 10.3. The summed E-state index contributed by atoms with van der Waals surface area (Å²) in [5.41, 5.74) is 0. The van der Waals surface area contributed by atoms with Gasteiger partial charge >= 0.3 is 0 Å². The van der Waals surface area contributed by atoms with Crippen LogP contribution in [0.4, 0.5) is 0 Å². The van der Waals surface area contributed by atoms with Crippen LogP contribution in [-0.4, -0.2) is 11.5 Å². The summed E-state index contributed by atoms with van der Waals surface area (Å²) in [6.07, 6.45) is 3.11. The molecule has 2 rings (SSSR count). The van der Waals surface area contributed by atoms with Crippen molar-refractivity contribution in [1.82, 2.24) is 10.3 Å². The Morgan fingerprint density at radius 2 is 2.35 bits per heavy atom. The molecule has 0 radical (unpaired) electrons. The second-order valence-electron chi connectivity index (χ2n) is 3.87. The molecule has 1 atom stereocenters. The zero-order chi connectivity index (χ0) is 12.3. The minimum absolute atomic E-state index is 0.372. The van der Waals surface area contributed by atoms with Crippen molar-refractivity contribution >= 4 is 34.3 Å². The van der Waals surface area contributed by atoms with Crippen molar-refractivity contribution in [2.75, 3.05) is 6.54 Å². The average Bonchev–Trinajstić information content (AvgIpc) is 2.93. The van der Waals surface area contributed by atoms with E-state index in [4.69, 9.17) is 11.6 Å². The lowest BCUT2D eigenvalue weighted by Gasteiger charge is -2.09. The Hall–Kier alpha value is -0.420. The molecule has 0 aliphatic heterocycles. The highest BCUT2D eigenvalue weighted by atomic mass is 35.5. The summed E-state index contributed by atoms with van der Waals surface area (Å²) < 4.78 is 0. The highest BCUT2D eigenvalue weighted by Crippen LogP contribution is 2.34. The van der Waals surface area contributed by atoms with Crippen LogP contribution in [0.3, 0.4) is 0 Å². The van der Waals surface area contributed by atoms with Gasteiger partial charge in [-0.25, -0.2) is 4.98 Å². The number of halogens is 1. The molecule has 5 heteroatoms. The van der Waals surface area contributed by atoms with E-state index in [-0.39, 0.29) is 0 Å². The molecule has 2 heterocycles. The van der Waals surface area contributed by atoms with Gasteiger partial charge in [0, 0.05) is 22.5 Å². The van der Waals surface area contributed by atoms with E-state index in [1.165, 1.54) is 4.88 Å². The molecule has 0 saturated heterocycles. The number of thiophene rings is 1. The highest BCUT2D eigenvalue weighted by Gasteiger charge is 2.11. The standard InChI is InChI=1S/C12H15ClN2S2/c1-3-4-14-8(2)11-6-15-12(17-11)10-5-9(13)7-16-10/h5-8,14H,3-4H2,1-2H3. The Morgan fingerprint density at radius 1 is 1.53 bits per heavy atom. The van der Waals surface area contributed by atoms with Gasteiger partial charge in [0.05, 0.1) is 9.90 Å². The van der Waals surface area contributed by atoms with Crippen LogP contribution >= 0.6 is 34.3 Å². The van der Waals surface area contributed by atoms with Gasteiger partial charge in [0.1, 0.15) is 5.01 Å². The Bertz CT molecular complexity index is 478. The van der Waals surface area contributed by atoms with Crippen LogP contribution in [0.5, 0.6) is 0 Å². The maximum absolute atomic E-state index is 5.92. The van der Waals surface area contributed by atoms with Crippen LogP contribution in [0.2, 0.25) is 5.02 Å². The lowest BCUT2D eigenvalue weighted by molar-refractivity contribution is 0.577. The SMILES string of the molecule is CCCNC(C)c1cnc(-c2cc(Cl)cs2)s1. The molecule has 2 nitrogen and oxygen atoms in total. The third kappa shape index (κ3) is 3.28. The molecule has 0 aromatic carbocycles. The Kier molecular flexibility index (Phi) is 4.56. The summed E-state index contributed by atoms with van der Waals surface area (Å²) in [4.78, 5) is 6.88. The smallest absolute Gasteiger partial charge is 0.133 e. The zero-order valence-electron chi connectivity index (χ0n) is 9.87. The van der Waals surface area contributed by atoms with Gasteiger partial charge in [-0.15, -0.1) is 22.7 Å². The number of nitrogens with zero attached hydrogens (tertiary/aromatic N) is 1. The van der Waals surface area contributed by atoms with Crippen LogP contribution in [0.25, 0.3) is 9.88 Å². The van der Waals surface area contributed by atoms with Gasteiger partial charge in [0.25, 0.3) is 0 Å². The lowest BCUT2D eigenvalue weighted by Crippen LogP contribution is -2.18. The van der Waals surface area contributed by atoms with E-state index < -0.39 is 0 Å². The number of rotatable bonds is 5. The molecular weight excluding hydrogens is 272 g/mol. The van der Waals surface area contributed by atoms with Crippen molar-refractivity contribution in [1.29, 1.82) is 0 Å². The van der Waals surface area contributed by atoms with E-state index in [1.54, 1.807) is 22.7 Å². The van der Waals surface area contributed by atoms with Crippen molar-refractivity contribution < 1.29 is 0 Å². The first kappa shape index (κ1) is 13.0. The monoisotopic (exact) mass is 286 g/mol. The van der Waals surface area contributed by atoms with Crippen molar-refractivity contribution in [3.8, 4) is 9.88 Å². The van der Waals surface area contributed by atoms with Gasteiger partial charge in [-0.2, -0.15) is 0 Å². The molecule has 0 amide bonds. The molecule has 1 unspecified atom stereocenters. The molecule has 0 bridgehead atoms. The minimum Gasteiger partial charge on any atom is -0.309 e. The van der Waals surface area contributed by atoms with Crippen LogP contribution < -0.4 is 5.32 Å². The molecular formula is C12H15ClN2S2. The van der Waals surface area contributed by atoms with E-state index in [1.807, 2.05) is 17.6 Å². The first-order valence-corrected chi connectivity index (χ1v) is 7.71. The minimum atomic E-state index is 0.372. The zero-order valence-corrected chi connectivity index (χ0v) is 12.3. The maximum Gasteiger partial charge on any atom is 0.133 e. The van der Waals surface area contributed by atoms with Gasteiger partial charge in [-0.1, -0.05) is 18.5 Å². The van der Waals surface area contributed by atoms with Crippen LogP contribution in [0.1, 0.15) is 31.2 Å². The molecule has 17 heavy (non-hydrogen) atoms. The predicted octanol–water partition coefficient (Wildman–Crippen LogP) is 4.59. The molecule has 0 spiro atoms. The maximum atomic E-state index is 5.92. The topological polar surface area (TPSA) is 24.9 Å². The summed E-state index contributed by atoms with van der Waals surface area (Å²) in [6, 6.07) is 2.34. The first-order valence-electron chi connectivity index (χ1n) is 5.64. The quantitative estimate of drug-likeness (QED) is 0.870. The van der Waals surface area contributed by atoms with Gasteiger partial charge in [0.15, 0.2) is 0 Å². The molecule has 0 aliphatic carbocycles. The molecule has 0 aliphatic rings. The number of thiazole rings is 1. The van der Waals surface area contributed by atoms with E-state index >= 15 is 0 Å². The fourth-order valence-corrected chi connectivity index (χ4v) is 3.57. The van der Waals surface area contributed by atoms with Crippen LogP contribution in [0, 0.1) is 0 Å². The van der Waals surface area contributed by atoms with Gasteiger partial charge < -0.3 is 5.32 Å². The third-order valence-corrected chi connectivity index (χ3v) is 5.06. The summed E-state index contributed by atoms with van der Waals surface area (Å²) in [7, 11) is 0. The molecule has 1 N–H and O–H groups in total. The first-order chi connectivity index (χ1) is 8.20. The fraction of sp³-hybridized carbons (Fsp3) is 0.417. The molecule has 2 aromatic rings.